The molecular weight excluding hydrogens is 211 g/mol. The van der Waals surface area contributed by atoms with Gasteiger partial charge in [0.05, 0.1) is 11.4 Å². The second-order valence-electron chi connectivity index (χ2n) is 2.84. The summed E-state index contributed by atoms with van der Waals surface area (Å²) in [5, 5.41) is 0. The summed E-state index contributed by atoms with van der Waals surface area (Å²) in [6, 6.07) is 3.73. The summed E-state index contributed by atoms with van der Waals surface area (Å²) in [7, 11) is 0. The molecule has 0 unspecified atom stereocenters. The second-order valence-corrected chi connectivity index (χ2v) is 3.82. The molecule has 1 heterocycles. The number of alkyl halides is 3. The van der Waals surface area contributed by atoms with Crippen molar-refractivity contribution in [2.75, 3.05) is 5.88 Å². The van der Waals surface area contributed by atoms with E-state index in [2.05, 4.69) is 4.99 Å². The Morgan fingerprint density at radius 3 is 2.79 bits per heavy atom. The van der Waals surface area contributed by atoms with Crippen LogP contribution in [0, 0.1) is 0 Å². The lowest BCUT2D eigenvalue weighted by molar-refractivity contribution is -0.137. The van der Waals surface area contributed by atoms with E-state index in [1.165, 1.54) is 24.0 Å². The number of thioether (sulfide) groups is 1. The van der Waals surface area contributed by atoms with Crippen LogP contribution in [0.25, 0.3) is 0 Å². The van der Waals surface area contributed by atoms with Crippen molar-refractivity contribution in [3.05, 3.63) is 29.3 Å². The standard InChI is InChI=1S/C9H6F3NS/c10-9(11,12)7-1-2-8-6(3-7)4-13-5-14-8/h1-4H,5H2. The van der Waals surface area contributed by atoms with Crippen LogP contribution in [0.1, 0.15) is 11.1 Å². The van der Waals surface area contributed by atoms with Crippen LogP contribution in [0.3, 0.4) is 0 Å². The van der Waals surface area contributed by atoms with Crippen LogP contribution in [-0.4, -0.2) is 12.1 Å². The molecule has 0 N–H and O–H groups in total. The molecule has 1 aromatic rings. The molecule has 0 amide bonds. The average molecular weight is 217 g/mol. The number of fused-ring (bicyclic) bond motifs is 1. The molecule has 0 aliphatic carbocycles. The summed E-state index contributed by atoms with van der Waals surface area (Å²) in [6.07, 6.45) is -2.79. The minimum atomic E-state index is -4.27. The van der Waals surface area contributed by atoms with Crippen LogP contribution >= 0.6 is 11.8 Å². The zero-order chi connectivity index (χ0) is 10.2. The lowest BCUT2D eigenvalue weighted by Gasteiger charge is -2.12. The van der Waals surface area contributed by atoms with Gasteiger partial charge in [0.15, 0.2) is 0 Å². The van der Waals surface area contributed by atoms with E-state index in [1.807, 2.05) is 0 Å². The van der Waals surface area contributed by atoms with Crippen LogP contribution < -0.4 is 0 Å². The Hall–Kier alpha value is -0.970. The Morgan fingerprint density at radius 1 is 1.29 bits per heavy atom. The van der Waals surface area contributed by atoms with Crippen molar-refractivity contribution in [2.24, 2.45) is 4.99 Å². The molecule has 1 nitrogen and oxygen atoms in total. The first-order valence-electron chi connectivity index (χ1n) is 3.91. The van der Waals surface area contributed by atoms with Gasteiger partial charge in [-0.25, -0.2) is 0 Å². The molecule has 0 spiro atoms. The third-order valence-corrected chi connectivity index (χ3v) is 2.82. The van der Waals surface area contributed by atoms with Gasteiger partial charge in [0.2, 0.25) is 0 Å². The van der Waals surface area contributed by atoms with E-state index in [-0.39, 0.29) is 0 Å². The molecule has 2 rings (SSSR count). The predicted octanol–water partition coefficient (Wildman–Crippen LogP) is 3.19. The van der Waals surface area contributed by atoms with Gasteiger partial charge in [0.1, 0.15) is 0 Å². The lowest BCUT2D eigenvalue weighted by atomic mass is 10.1. The first-order valence-corrected chi connectivity index (χ1v) is 4.90. The highest BCUT2D eigenvalue weighted by Gasteiger charge is 2.30. The van der Waals surface area contributed by atoms with Crippen molar-refractivity contribution in [1.82, 2.24) is 0 Å². The zero-order valence-electron chi connectivity index (χ0n) is 7.01. The Bertz CT molecular complexity index is 384. The number of rotatable bonds is 0. The largest absolute Gasteiger partial charge is 0.416 e. The van der Waals surface area contributed by atoms with Crippen molar-refractivity contribution < 1.29 is 13.2 Å². The van der Waals surface area contributed by atoms with Gasteiger partial charge in [-0.1, -0.05) is 0 Å². The molecule has 74 valence electrons. The molecule has 5 heteroatoms. The van der Waals surface area contributed by atoms with Crippen LogP contribution in [-0.2, 0) is 6.18 Å². The monoisotopic (exact) mass is 217 g/mol. The maximum absolute atomic E-state index is 12.3. The highest BCUT2D eigenvalue weighted by Crippen LogP contribution is 2.33. The summed E-state index contributed by atoms with van der Waals surface area (Å²) >= 11 is 1.44. The molecule has 1 aliphatic rings. The van der Waals surface area contributed by atoms with E-state index in [4.69, 9.17) is 0 Å². The lowest BCUT2D eigenvalue weighted by Crippen LogP contribution is -2.06. The third kappa shape index (κ3) is 1.77. The zero-order valence-corrected chi connectivity index (χ0v) is 7.82. The van der Waals surface area contributed by atoms with Gasteiger partial charge in [-0.05, 0) is 18.2 Å². The number of hydrogen-bond donors (Lipinski definition) is 0. The van der Waals surface area contributed by atoms with Gasteiger partial charge in [-0.2, -0.15) is 13.2 Å². The molecule has 1 aliphatic heterocycles. The first kappa shape index (κ1) is 9.58. The van der Waals surface area contributed by atoms with Gasteiger partial charge in [0, 0.05) is 16.7 Å². The maximum atomic E-state index is 12.3. The molecule has 0 radical (unpaired) electrons. The Kier molecular flexibility index (Phi) is 2.26. The summed E-state index contributed by atoms with van der Waals surface area (Å²) < 4.78 is 36.9. The summed E-state index contributed by atoms with van der Waals surface area (Å²) in [5.41, 5.74) is -0.0683. The molecule has 0 fully saturated rings. The van der Waals surface area contributed by atoms with Gasteiger partial charge >= 0.3 is 6.18 Å². The molecule has 0 saturated heterocycles. The van der Waals surface area contributed by atoms with Crippen molar-refractivity contribution in [1.29, 1.82) is 0 Å². The molecule has 14 heavy (non-hydrogen) atoms. The molecular formula is C9H6F3NS. The highest BCUT2D eigenvalue weighted by molar-refractivity contribution is 7.99. The van der Waals surface area contributed by atoms with E-state index in [9.17, 15) is 13.2 Å². The molecule has 0 atom stereocenters. The molecule has 0 bridgehead atoms. The van der Waals surface area contributed by atoms with Crippen molar-refractivity contribution in [3.63, 3.8) is 0 Å². The SMILES string of the molecule is FC(F)(F)c1ccc2c(c1)C=NCS2. The number of benzene rings is 1. The number of nitrogens with zero attached hydrogens (tertiary/aromatic N) is 1. The van der Waals surface area contributed by atoms with Crippen LogP contribution in [0.15, 0.2) is 28.1 Å². The number of aliphatic imine (C=N–C) groups is 1. The van der Waals surface area contributed by atoms with Gasteiger partial charge < -0.3 is 0 Å². The Labute approximate surface area is 83.0 Å². The van der Waals surface area contributed by atoms with E-state index in [0.717, 1.165) is 17.0 Å². The van der Waals surface area contributed by atoms with Crippen LogP contribution in [0.5, 0.6) is 0 Å². The van der Waals surface area contributed by atoms with Crippen molar-refractivity contribution in [3.8, 4) is 0 Å². The van der Waals surface area contributed by atoms with Gasteiger partial charge in [-0.3, -0.25) is 4.99 Å². The fraction of sp³-hybridized carbons (Fsp3) is 0.222. The summed E-state index contributed by atoms with van der Waals surface area (Å²) in [5.74, 6) is 0.582. The molecule has 0 saturated carbocycles. The number of hydrogen-bond acceptors (Lipinski definition) is 2. The smallest absolute Gasteiger partial charge is 0.281 e. The van der Waals surface area contributed by atoms with Crippen LogP contribution in [0.4, 0.5) is 13.2 Å². The minimum absolute atomic E-state index is 0.552. The predicted molar refractivity (Wildman–Crippen MR) is 49.8 cm³/mol. The normalized spacial score (nSPS) is 15.4. The fourth-order valence-corrected chi connectivity index (χ4v) is 1.93. The van der Waals surface area contributed by atoms with E-state index in [0.29, 0.717) is 11.4 Å². The number of halogens is 3. The average Bonchev–Trinajstić information content (AvgIpc) is 2.16. The Morgan fingerprint density at radius 2 is 2.07 bits per heavy atom. The van der Waals surface area contributed by atoms with E-state index in [1.54, 1.807) is 0 Å². The topological polar surface area (TPSA) is 12.4 Å². The summed E-state index contributed by atoms with van der Waals surface area (Å²) in [4.78, 5) is 4.77. The minimum Gasteiger partial charge on any atom is -0.281 e. The van der Waals surface area contributed by atoms with Crippen molar-refractivity contribution >= 4 is 18.0 Å². The first-order chi connectivity index (χ1) is 6.57. The van der Waals surface area contributed by atoms with Gasteiger partial charge in [0.25, 0.3) is 0 Å². The third-order valence-electron chi connectivity index (χ3n) is 1.86. The Balaban J connectivity index is 2.45. The van der Waals surface area contributed by atoms with E-state index < -0.39 is 11.7 Å². The summed E-state index contributed by atoms with van der Waals surface area (Å²) in [6.45, 7) is 0. The molecule has 0 aromatic heterocycles. The molecule has 1 aromatic carbocycles. The highest BCUT2D eigenvalue weighted by atomic mass is 32.2. The second kappa shape index (κ2) is 3.31. The quantitative estimate of drug-likeness (QED) is 0.650. The van der Waals surface area contributed by atoms with Gasteiger partial charge in [-0.15, -0.1) is 11.8 Å². The van der Waals surface area contributed by atoms with E-state index >= 15 is 0 Å². The van der Waals surface area contributed by atoms with Crippen molar-refractivity contribution in [2.45, 2.75) is 11.1 Å². The van der Waals surface area contributed by atoms with Crippen LogP contribution in [0.2, 0.25) is 0 Å². The maximum Gasteiger partial charge on any atom is 0.416 e. The fourth-order valence-electron chi connectivity index (χ4n) is 1.20.